The Morgan fingerprint density at radius 2 is 0.706 bits per heavy atom. The molecular weight excluding hydrogens is 439 g/mol. The van der Waals surface area contributed by atoms with Crippen LogP contribution in [0.2, 0.25) is 0 Å². The zero-order valence-corrected chi connectivity index (χ0v) is 24.2. The summed E-state index contributed by atoms with van der Waals surface area (Å²) < 4.78 is 7.09. The maximum Gasteiger partial charge on any atom is 0.147 e. The van der Waals surface area contributed by atoms with Crippen molar-refractivity contribution in [2.24, 2.45) is 0 Å². The largest absolute Gasteiger partial charge is 0.328 e. The fraction of sp³-hybridized carbons (Fsp3) is 0.667. The van der Waals surface area contributed by atoms with Crippen LogP contribution in [0.1, 0.15) is 136 Å². The number of nitrogens with zero attached hydrogens (tertiary/aromatic N) is 6. The molecule has 3 rings (SSSR count). The molecule has 3 aromatic rings. The van der Waals surface area contributed by atoms with Gasteiger partial charge in [-0.2, -0.15) is 0 Å². The average Bonchev–Trinajstić information content (AvgIpc) is 3.45. The summed E-state index contributed by atoms with van der Waals surface area (Å²) in [6.07, 6.45) is 6.74. The van der Waals surface area contributed by atoms with Crippen LogP contribution in [-0.2, 0) is 0 Å². The third-order valence-corrected chi connectivity index (χ3v) is 8.43. The first kappa shape index (κ1) is 26.7. The molecule has 0 N–H and O–H groups in total. The normalized spacial score (nSPS) is 12.8. The van der Waals surface area contributed by atoms with Crippen molar-refractivity contribution in [1.82, 2.24) is 28.7 Å². The lowest BCUT2D eigenvalue weighted by Gasteiger charge is -2.23. The third-order valence-electron chi connectivity index (χ3n) is 6.24. The average molecular weight is 485 g/mol. The Balaban J connectivity index is 2.41. The van der Waals surface area contributed by atoms with Crippen LogP contribution in [0.4, 0.5) is 0 Å². The van der Waals surface area contributed by atoms with Gasteiger partial charge in [-0.25, -0.2) is 15.0 Å². The standard InChI is InChI=1S/C27H45N6P/c1-16(2)22-13-31(19(7)8)25(28-22)34(26-29-23(17(3)4)14-32(26)20(9)10)27-30-24(18(5)6)15-33(27)21(11)12/h13-21H,1-12H3. The molecule has 34 heavy (non-hydrogen) atoms. The lowest BCUT2D eigenvalue weighted by atomic mass is 10.2. The molecule has 3 heterocycles. The molecule has 0 fully saturated rings. The predicted octanol–water partition coefficient (Wildman–Crippen LogP) is 6.15. The van der Waals surface area contributed by atoms with Crippen molar-refractivity contribution in [1.29, 1.82) is 0 Å². The molecule has 188 valence electrons. The third kappa shape index (κ3) is 5.17. The van der Waals surface area contributed by atoms with Gasteiger partial charge >= 0.3 is 0 Å². The van der Waals surface area contributed by atoms with Crippen molar-refractivity contribution >= 4 is 24.6 Å². The highest BCUT2D eigenvalue weighted by Crippen LogP contribution is 2.36. The maximum absolute atomic E-state index is 5.28. The Hall–Kier alpha value is -1.94. The van der Waals surface area contributed by atoms with Crippen molar-refractivity contribution in [2.75, 3.05) is 0 Å². The maximum atomic E-state index is 5.28. The second-order valence-corrected chi connectivity index (χ2v) is 13.1. The Labute approximate surface area is 208 Å². The van der Waals surface area contributed by atoms with Crippen LogP contribution in [0.5, 0.6) is 0 Å². The van der Waals surface area contributed by atoms with Gasteiger partial charge in [0.05, 0.1) is 17.1 Å². The van der Waals surface area contributed by atoms with E-state index in [1.807, 2.05) is 0 Å². The summed E-state index contributed by atoms with van der Waals surface area (Å²) in [6, 6.07) is 0.914. The Morgan fingerprint density at radius 1 is 0.471 bits per heavy atom. The molecule has 0 spiro atoms. The molecule has 3 aromatic heterocycles. The van der Waals surface area contributed by atoms with Gasteiger partial charge in [-0.1, -0.05) is 41.5 Å². The van der Waals surface area contributed by atoms with E-state index in [9.17, 15) is 0 Å². The summed E-state index contributed by atoms with van der Waals surface area (Å²) in [7, 11) is -1.06. The Kier molecular flexibility index (Phi) is 8.12. The molecule has 0 aliphatic carbocycles. The first-order chi connectivity index (χ1) is 15.8. The van der Waals surface area contributed by atoms with Crippen molar-refractivity contribution in [3.8, 4) is 0 Å². The van der Waals surface area contributed by atoms with Gasteiger partial charge in [-0.3, -0.25) is 0 Å². The Morgan fingerprint density at radius 3 is 0.882 bits per heavy atom. The first-order valence-corrected chi connectivity index (χ1v) is 14.2. The molecule has 6 nitrogen and oxygen atoms in total. The van der Waals surface area contributed by atoms with Gasteiger partial charge in [0.1, 0.15) is 24.6 Å². The number of hydrogen-bond donors (Lipinski definition) is 0. The van der Waals surface area contributed by atoms with Gasteiger partial charge in [-0.15, -0.1) is 0 Å². The zero-order valence-electron chi connectivity index (χ0n) is 23.3. The van der Waals surface area contributed by atoms with Crippen molar-refractivity contribution < 1.29 is 0 Å². The molecule has 0 bridgehead atoms. The molecular formula is C27H45N6P. The van der Waals surface area contributed by atoms with Gasteiger partial charge < -0.3 is 13.7 Å². The Bertz CT molecular complexity index is 958. The van der Waals surface area contributed by atoms with Gasteiger partial charge in [-0.05, 0) is 59.3 Å². The quantitative estimate of drug-likeness (QED) is 0.343. The molecule has 0 saturated carbocycles. The van der Waals surface area contributed by atoms with Gasteiger partial charge in [0, 0.05) is 36.7 Å². The minimum Gasteiger partial charge on any atom is -0.328 e. The van der Waals surface area contributed by atoms with E-state index in [0.29, 0.717) is 35.9 Å². The topological polar surface area (TPSA) is 53.5 Å². The lowest BCUT2D eigenvalue weighted by molar-refractivity contribution is 0.606. The summed E-state index contributed by atoms with van der Waals surface area (Å²) in [5.74, 6) is 1.09. The SMILES string of the molecule is CC(C)c1cn(C(C)C)c(P(c2nc(C(C)C)cn2C(C)C)c2nc(C(C)C)cn2C(C)C)n1. The van der Waals surface area contributed by atoms with Crippen LogP contribution in [0.25, 0.3) is 0 Å². The smallest absolute Gasteiger partial charge is 0.147 e. The summed E-state index contributed by atoms with van der Waals surface area (Å²) >= 11 is 0. The van der Waals surface area contributed by atoms with Crippen LogP contribution in [0.15, 0.2) is 18.6 Å². The van der Waals surface area contributed by atoms with Crippen molar-refractivity contribution in [3.63, 3.8) is 0 Å². The highest BCUT2D eigenvalue weighted by molar-refractivity contribution is 7.78. The minimum atomic E-state index is -1.06. The van der Waals surface area contributed by atoms with Crippen molar-refractivity contribution in [3.05, 3.63) is 35.7 Å². The highest BCUT2D eigenvalue weighted by Gasteiger charge is 2.34. The van der Waals surface area contributed by atoms with E-state index in [1.54, 1.807) is 0 Å². The predicted molar refractivity (Wildman–Crippen MR) is 146 cm³/mol. The van der Waals surface area contributed by atoms with E-state index in [4.69, 9.17) is 15.0 Å². The van der Waals surface area contributed by atoms with E-state index in [2.05, 4.69) is 115 Å². The summed E-state index contributed by atoms with van der Waals surface area (Å²) in [4.78, 5) is 15.8. The number of aromatic nitrogens is 6. The van der Waals surface area contributed by atoms with Gasteiger partial charge in [0.2, 0.25) is 0 Å². The first-order valence-electron chi connectivity index (χ1n) is 12.9. The minimum absolute atomic E-state index is 0.305. The molecule has 0 aliphatic heterocycles. The molecule has 7 heteroatoms. The van der Waals surface area contributed by atoms with E-state index in [1.165, 1.54) is 0 Å². The molecule has 0 saturated heterocycles. The van der Waals surface area contributed by atoms with E-state index >= 15 is 0 Å². The molecule has 0 radical (unpaired) electrons. The molecule has 0 unspecified atom stereocenters. The number of rotatable bonds is 9. The monoisotopic (exact) mass is 484 g/mol. The molecule has 0 atom stereocenters. The van der Waals surface area contributed by atoms with E-state index in [-0.39, 0.29) is 0 Å². The zero-order chi connectivity index (χ0) is 25.5. The molecule has 0 aliphatic rings. The second-order valence-electron chi connectivity index (χ2n) is 11.2. The van der Waals surface area contributed by atoms with E-state index < -0.39 is 7.92 Å². The van der Waals surface area contributed by atoms with E-state index in [0.717, 1.165) is 33.8 Å². The molecule has 0 amide bonds. The van der Waals surface area contributed by atoms with Crippen molar-refractivity contribution in [2.45, 2.75) is 119 Å². The summed E-state index contributed by atoms with van der Waals surface area (Å²) in [6.45, 7) is 26.8. The number of hydrogen-bond acceptors (Lipinski definition) is 3. The fourth-order valence-electron chi connectivity index (χ4n) is 3.95. The van der Waals surface area contributed by atoms with Crippen LogP contribution in [0.3, 0.4) is 0 Å². The highest BCUT2D eigenvalue weighted by atomic mass is 31.1. The van der Waals surface area contributed by atoms with Crippen LogP contribution < -0.4 is 16.7 Å². The summed E-state index contributed by atoms with van der Waals surface area (Å²) in [5.41, 5.74) is 6.69. The molecule has 0 aromatic carbocycles. The van der Waals surface area contributed by atoms with Crippen LogP contribution >= 0.6 is 7.92 Å². The fourth-order valence-corrected chi connectivity index (χ4v) is 6.69. The van der Waals surface area contributed by atoms with Crippen LogP contribution in [-0.4, -0.2) is 28.7 Å². The number of imidazole rings is 3. The van der Waals surface area contributed by atoms with Crippen LogP contribution in [0, 0.1) is 0 Å². The lowest BCUT2D eigenvalue weighted by Crippen LogP contribution is -2.37. The van der Waals surface area contributed by atoms with Gasteiger partial charge in [0.25, 0.3) is 0 Å². The summed E-state index contributed by atoms with van der Waals surface area (Å²) in [5, 5.41) is 0. The van der Waals surface area contributed by atoms with Gasteiger partial charge in [0.15, 0.2) is 0 Å². The second kappa shape index (κ2) is 10.4.